The number of nitriles is 1. The molecule has 0 unspecified atom stereocenters. The molecule has 5 heteroatoms. The molecule has 0 heterocycles. The van der Waals surface area contributed by atoms with E-state index >= 15 is 0 Å². The molecular weight excluding hydrogens is 332 g/mol. The van der Waals surface area contributed by atoms with Crippen molar-refractivity contribution in [3.05, 3.63) is 64.7 Å². The molecule has 0 saturated heterocycles. The van der Waals surface area contributed by atoms with Crippen molar-refractivity contribution in [3.63, 3.8) is 0 Å². The summed E-state index contributed by atoms with van der Waals surface area (Å²) >= 11 is 1.55. The molecule has 2 rings (SSSR count). The van der Waals surface area contributed by atoms with Gasteiger partial charge in [-0.25, -0.2) is 0 Å². The fraction of sp³-hybridized carbons (Fsp3) is 0.300. The zero-order chi connectivity index (χ0) is 18.1. The van der Waals surface area contributed by atoms with Gasteiger partial charge in [0.15, 0.2) is 0 Å². The highest BCUT2D eigenvalue weighted by atomic mass is 32.2. The van der Waals surface area contributed by atoms with Crippen LogP contribution in [0.15, 0.2) is 42.5 Å². The minimum absolute atomic E-state index is 0.00347. The average Bonchev–Trinajstić information content (AvgIpc) is 2.61. The van der Waals surface area contributed by atoms with Crippen molar-refractivity contribution in [2.75, 3.05) is 18.9 Å². The minimum atomic E-state index is 0.00347. The number of ether oxygens (including phenoxy) is 1. The summed E-state index contributed by atoms with van der Waals surface area (Å²) in [5.41, 5.74) is 3.96. The van der Waals surface area contributed by atoms with E-state index in [-0.39, 0.29) is 5.91 Å². The van der Waals surface area contributed by atoms with Gasteiger partial charge in [0.1, 0.15) is 12.4 Å². The largest absolute Gasteiger partial charge is 0.491 e. The van der Waals surface area contributed by atoms with Gasteiger partial charge in [0.05, 0.1) is 23.9 Å². The number of thioether (sulfide) groups is 1. The Morgan fingerprint density at radius 1 is 1.16 bits per heavy atom. The summed E-state index contributed by atoms with van der Waals surface area (Å²) in [5, 5.41) is 11.6. The minimum Gasteiger partial charge on any atom is -0.491 e. The Bertz CT molecular complexity index is 731. The lowest BCUT2D eigenvalue weighted by molar-refractivity contribution is -0.118. The van der Waals surface area contributed by atoms with Crippen LogP contribution in [0.5, 0.6) is 5.75 Å². The van der Waals surface area contributed by atoms with E-state index in [2.05, 4.69) is 11.4 Å². The molecule has 0 bridgehead atoms. The Morgan fingerprint density at radius 2 is 1.84 bits per heavy atom. The Hall–Kier alpha value is -2.45. The maximum atomic E-state index is 11.8. The third-order valence-electron chi connectivity index (χ3n) is 3.66. The highest BCUT2D eigenvalue weighted by Gasteiger charge is 2.05. The lowest BCUT2D eigenvalue weighted by atomic mass is 10.1. The van der Waals surface area contributed by atoms with Crippen LogP contribution in [0.1, 0.15) is 22.3 Å². The number of rotatable bonds is 8. The van der Waals surface area contributed by atoms with Crippen molar-refractivity contribution in [2.45, 2.75) is 19.6 Å². The number of amides is 1. The summed E-state index contributed by atoms with van der Waals surface area (Å²) in [6, 6.07) is 15.5. The fourth-order valence-corrected chi connectivity index (χ4v) is 3.18. The first-order valence-corrected chi connectivity index (χ1v) is 9.28. The summed E-state index contributed by atoms with van der Waals surface area (Å²) < 4.78 is 5.77. The van der Waals surface area contributed by atoms with Gasteiger partial charge in [0.25, 0.3) is 0 Å². The second kappa shape index (κ2) is 9.75. The van der Waals surface area contributed by atoms with Crippen LogP contribution >= 0.6 is 11.8 Å². The zero-order valence-electron chi connectivity index (χ0n) is 14.5. The highest BCUT2D eigenvalue weighted by molar-refractivity contribution is 7.99. The smallest absolute Gasteiger partial charge is 0.230 e. The molecule has 0 fully saturated rings. The third kappa shape index (κ3) is 6.17. The lowest BCUT2D eigenvalue weighted by Crippen LogP contribution is -2.29. The molecule has 0 radical (unpaired) electrons. The Labute approximate surface area is 153 Å². The normalized spacial score (nSPS) is 10.1. The first kappa shape index (κ1) is 18.9. The number of carbonyl (C=O) groups is 1. The van der Waals surface area contributed by atoms with Crippen molar-refractivity contribution in [1.82, 2.24) is 5.32 Å². The molecular formula is C20H22N2O2S. The molecule has 1 amide bonds. The molecule has 130 valence electrons. The Balaban J connectivity index is 1.63. The van der Waals surface area contributed by atoms with Gasteiger partial charge in [-0.15, -0.1) is 11.8 Å². The first-order valence-electron chi connectivity index (χ1n) is 8.12. The number of carbonyl (C=O) groups excluding carboxylic acids is 1. The van der Waals surface area contributed by atoms with E-state index in [0.717, 1.165) is 28.2 Å². The summed E-state index contributed by atoms with van der Waals surface area (Å²) in [6.07, 6.45) is 0. The molecule has 0 aliphatic rings. The van der Waals surface area contributed by atoms with E-state index in [1.165, 1.54) is 0 Å². The van der Waals surface area contributed by atoms with E-state index in [0.29, 0.717) is 24.5 Å². The topological polar surface area (TPSA) is 62.1 Å². The van der Waals surface area contributed by atoms with Crippen molar-refractivity contribution < 1.29 is 9.53 Å². The highest BCUT2D eigenvalue weighted by Crippen LogP contribution is 2.21. The van der Waals surface area contributed by atoms with Crippen LogP contribution in [-0.2, 0) is 10.5 Å². The summed E-state index contributed by atoms with van der Waals surface area (Å²) in [6.45, 7) is 4.98. The SMILES string of the molecule is Cc1cccc(C)c1OCCNC(=O)CSCc1ccc(C#N)cc1. The molecule has 25 heavy (non-hydrogen) atoms. The van der Waals surface area contributed by atoms with Crippen LogP contribution < -0.4 is 10.1 Å². The van der Waals surface area contributed by atoms with Crippen molar-refractivity contribution in [3.8, 4) is 11.8 Å². The quantitative estimate of drug-likeness (QED) is 0.736. The van der Waals surface area contributed by atoms with E-state index in [9.17, 15) is 4.79 Å². The van der Waals surface area contributed by atoms with E-state index in [1.807, 2.05) is 44.2 Å². The number of hydrogen-bond donors (Lipinski definition) is 1. The molecule has 0 atom stereocenters. The predicted molar refractivity (Wildman–Crippen MR) is 102 cm³/mol. The fourth-order valence-electron chi connectivity index (χ4n) is 2.36. The van der Waals surface area contributed by atoms with Gasteiger partial charge in [-0.3, -0.25) is 4.79 Å². The van der Waals surface area contributed by atoms with Crippen molar-refractivity contribution in [2.24, 2.45) is 0 Å². The van der Waals surface area contributed by atoms with Gasteiger partial charge in [-0.2, -0.15) is 5.26 Å². The maximum absolute atomic E-state index is 11.8. The van der Waals surface area contributed by atoms with Crippen LogP contribution in [0.4, 0.5) is 0 Å². The maximum Gasteiger partial charge on any atom is 0.230 e. The van der Waals surface area contributed by atoms with Crippen LogP contribution in [0, 0.1) is 25.2 Å². The second-order valence-corrected chi connectivity index (χ2v) is 6.71. The van der Waals surface area contributed by atoms with E-state index < -0.39 is 0 Å². The molecule has 0 spiro atoms. The summed E-state index contributed by atoms with van der Waals surface area (Å²) in [7, 11) is 0. The number of para-hydroxylation sites is 1. The molecule has 4 nitrogen and oxygen atoms in total. The first-order chi connectivity index (χ1) is 12.1. The van der Waals surface area contributed by atoms with Gasteiger partial charge < -0.3 is 10.1 Å². The van der Waals surface area contributed by atoms with Crippen molar-refractivity contribution in [1.29, 1.82) is 5.26 Å². The number of hydrogen-bond acceptors (Lipinski definition) is 4. The lowest BCUT2D eigenvalue weighted by Gasteiger charge is -2.12. The molecule has 0 aliphatic carbocycles. The number of nitrogens with zero attached hydrogens (tertiary/aromatic N) is 1. The zero-order valence-corrected chi connectivity index (χ0v) is 15.4. The Morgan fingerprint density at radius 3 is 2.48 bits per heavy atom. The third-order valence-corrected chi connectivity index (χ3v) is 4.67. The molecule has 0 aromatic heterocycles. The standard InChI is InChI=1S/C20H22N2O2S/c1-15-4-3-5-16(2)20(15)24-11-10-22-19(23)14-25-13-18-8-6-17(12-21)7-9-18/h3-9H,10-11,13-14H2,1-2H3,(H,22,23). The predicted octanol–water partition coefficient (Wildman–Crippen LogP) is 3.60. The van der Waals surface area contributed by atoms with Crippen LogP contribution in [0.2, 0.25) is 0 Å². The van der Waals surface area contributed by atoms with Gasteiger partial charge >= 0.3 is 0 Å². The van der Waals surface area contributed by atoms with E-state index in [1.54, 1.807) is 23.9 Å². The van der Waals surface area contributed by atoms with Crippen LogP contribution in [-0.4, -0.2) is 24.8 Å². The van der Waals surface area contributed by atoms with Gasteiger partial charge in [0.2, 0.25) is 5.91 Å². The molecule has 2 aromatic rings. The summed E-state index contributed by atoms with van der Waals surface area (Å²) in [5.74, 6) is 2.05. The molecule has 0 aliphatic heterocycles. The number of nitrogens with one attached hydrogen (secondary N) is 1. The van der Waals surface area contributed by atoms with Gasteiger partial charge in [-0.05, 0) is 42.7 Å². The monoisotopic (exact) mass is 354 g/mol. The average molecular weight is 354 g/mol. The van der Waals surface area contributed by atoms with Crippen molar-refractivity contribution >= 4 is 17.7 Å². The number of benzene rings is 2. The molecule has 0 saturated carbocycles. The molecule has 2 aromatic carbocycles. The summed E-state index contributed by atoms with van der Waals surface area (Å²) in [4.78, 5) is 11.8. The Kier molecular flexibility index (Phi) is 7.36. The number of aryl methyl sites for hydroxylation is 2. The molecule has 1 N–H and O–H groups in total. The van der Waals surface area contributed by atoms with Crippen LogP contribution in [0.25, 0.3) is 0 Å². The van der Waals surface area contributed by atoms with Gasteiger partial charge in [-0.1, -0.05) is 30.3 Å². The van der Waals surface area contributed by atoms with Crippen LogP contribution in [0.3, 0.4) is 0 Å². The second-order valence-electron chi connectivity index (χ2n) is 5.72. The van der Waals surface area contributed by atoms with E-state index in [4.69, 9.17) is 10.00 Å². The van der Waals surface area contributed by atoms with Gasteiger partial charge in [0, 0.05) is 5.75 Å².